The molecule has 1 heterocycles. The summed E-state index contributed by atoms with van der Waals surface area (Å²) in [7, 11) is 4.02. The van der Waals surface area contributed by atoms with Gasteiger partial charge in [0.05, 0.1) is 6.54 Å². The average molecular weight is 293 g/mol. The molecule has 0 saturated heterocycles. The van der Waals surface area contributed by atoms with E-state index < -0.39 is 0 Å². The van der Waals surface area contributed by atoms with E-state index in [1.807, 2.05) is 37.4 Å². The van der Waals surface area contributed by atoms with Gasteiger partial charge < -0.3 is 15.5 Å². The molecule has 0 aromatic carbocycles. The molecule has 0 aliphatic heterocycles. The van der Waals surface area contributed by atoms with Gasteiger partial charge in [0.1, 0.15) is 4.88 Å². The van der Waals surface area contributed by atoms with E-state index in [0.717, 1.165) is 12.1 Å². The number of carbonyl (C=O) groups is 1. The normalized spacial score (nSPS) is 11.9. The van der Waals surface area contributed by atoms with Crippen molar-refractivity contribution in [3.63, 3.8) is 0 Å². The van der Waals surface area contributed by atoms with E-state index in [1.54, 1.807) is 0 Å². The summed E-state index contributed by atoms with van der Waals surface area (Å²) in [5, 5.41) is 1.90. The lowest BCUT2D eigenvalue weighted by atomic mass is 10.2. The molecule has 1 aromatic heterocycles. The van der Waals surface area contributed by atoms with Gasteiger partial charge in [-0.1, -0.05) is 11.8 Å². The Morgan fingerprint density at radius 1 is 1.50 bits per heavy atom. The molecule has 5 heteroatoms. The van der Waals surface area contributed by atoms with Crippen molar-refractivity contribution in [1.82, 2.24) is 9.80 Å². The van der Waals surface area contributed by atoms with Crippen LogP contribution in [0.4, 0.5) is 0 Å². The highest BCUT2D eigenvalue weighted by Gasteiger charge is 2.23. The van der Waals surface area contributed by atoms with Gasteiger partial charge in [0, 0.05) is 24.7 Å². The second kappa shape index (κ2) is 8.05. The zero-order valence-electron chi connectivity index (χ0n) is 12.6. The maximum atomic E-state index is 12.7. The molecule has 0 bridgehead atoms. The minimum Gasteiger partial charge on any atom is -0.334 e. The van der Waals surface area contributed by atoms with Gasteiger partial charge in [-0.05, 0) is 39.4 Å². The van der Waals surface area contributed by atoms with Crippen LogP contribution in [0, 0.1) is 11.8 Å². The van der Waals surface area contributed by atoms with E-state index in [-0.39, 0.29) is 11.9 Å². The van der Waals surface area contributed by atoms with Crippen molar-refractivity contribution in [1.29, 1.82) is 0 Å². The van der Waals surface area contributed by atoms with Crippen LogP contribution in [0.5, 0.6) is 0 Å². The molecule has 1 atom stereocenters. The zero-order valence-corrected chi connectivity index (χ0v) is 13.5. The molecule has 110 valence electrons. The van der Waals surface area contributed by atoms with E-state index in [9.17, 15) is 4.79 Å². The third-order valence-electron chi connectivity index (χ3n) is 2.95. The van der Waals surface area contributed by atoms with Crippen molar-refractivity contribution in [2.24, 2.45) is 5.73 Å². The topological polar surface area (TPSA) is 49.6 Å². The standard InChI is InChI=1S/C15H23N3OS/c1-5-18(12(2)11-17(3)4)15(19)14-13(7-6-9-16)8-10-20-14/h8,10,12H,5,9,11,16H2,1-4H3. The zero-order chi connectivity index (χ0) is 15.1. The van der Waals surface area contributed by atoms with Gasteiger partial charge in [0.2, 0.25) is 0 Å². The summed E-state index contributed by atoms with van der Waals surface area (Å²) in [5.41, 5.74) is 6.17. The molecule has 1 amide bonds. The smallest absolute Gasteiger partial charge is 0.265 e. The van der Waals surface area contributed by atoms with Gasteiger partial charge in [0.15, 0.2) is 0 Å². The molecule has 0 spiro atoms. The van der Waals surface area contributed by atoms with E-state index in [2.05, 4.69) is 23.7 Å². The summed E-state index contributed by atoms with van der Waals surface area (Å²) in [6, 6.07) is 2.05. The Morgan fingerprint density at radius 3 is 2.75 bits per heavy atom. The molecule has 20 heavy (non-hydrogen) atoms. The molecule has 2 N–H and O–H groups in total. The molecule has 0 fully saturated rings. The van der Waals surface area contributed by atoms with Crippen LogP contribution in [0.1, 0.15) is 29.1 Å². The van der Waals surface area contributed by atoms with Crippen LogP contribution < -0.4 is 5.73 Å². The number of likely N-dealkylation sites (N-methyl/N-ethyl adjacent to an activating group) is 2. The molecular weight excluding hydrogens is 270 g/mol. The Labute approximate surface area is 125 Å². The van der Waals surface area contributed by atoms with Crippen molar-refractivity contribution in [2.75, 3.05) is 33.7 Å². The third kappa shape index (κ3) is 4.34. The number of amides is 1. The van der Waals surface area contributed by atoms with Crippen LogP contribution in [-0.4, -0.2) is 55.5 Å². The van der Waals surface area contributed by atoms with Crippen LogP contribution in [0.2, 0.25) is 0 Å². The summed E-state index contributed by atoms with van der Waals surface area (Å²) in [5.74, 6) is 5.83. The summed E-state index contributed by atoms with van der Waals surface area (Å²) in [4.78, 5) is 17.3. The molecule has 0 aliphatic carbocycles. The number of nitrogens with two attached hydrogens (primary N) is 1. The second-order valence-electron chi connectivity index (χ2n) is 4.87. The maximum Gasteiger partial charge on any atom is 0.265 e. The Morgan fingerprint density at radius 2 is 2.20 bits per heavy atom. The summed E-state index contributed by atoms with van der Waals surface area (Å²) >= 11 is 1.44. The van der Waals surface area contributed by atoms with Gasteiger partial charge in [0.25, 0.3) is 5.91 Å². The lowest BCUT2D eigenvalue weighted by Crippen LogP contribution is -2.43. The Bertz CT molecular complexity index is 499. The van der Waals surface area contributed by atoms with Crippen LogP contribution in [0.15, 0.2) is 11.4 Å². The van der Waals surface area contributed by atoms with Crippen molar-refractivity contribution >= 4 is 17.2 Å². The van der Waals surface area contributed by atoms with E-state index in [4.69, 9.17) is 5.73 Å². The predicted molar refractivity (Wildman–Crippen MR) is 85.0 cm³/mol. The number of hydrogen-bond acceptors (Lipinski definition) is 4. The van der Waals surface area contributed by atoms with Crippen LogP contribution in [0.25, 0.3) is 0 Å². The first kappa shape index (κ1) is 16.7. The highest BCUT2D eigenvalue weighted by molar-refractivity contribution is 7.12. The Kier molecular flexibility index (Phi) is 6.73. The molecule has 1 unspecified atom stereocenters. The monoisotopic (exact) mass is 293 g/mol. The molecule has 0 saturated carbocycles. The number of carbonyl (C=O) groups excluding carboxylic acids is 1. The second-order valence-corrected chi connectivity index (χ2v) is 5.79. The first-order valence-electron chi connectivity index (χ1n) is 6.73. The van der Waals surface area contributed by atoms with Gasteiger partial charge in [-0.25, -0.2) is 0 Å². The Balaban J connectivity index is 2.94. The quantitative estimate of drug-likeness (QED) is 0.837. The lowest BCUT2D eigenvalue weighted by molar-refractivity contribution is 0.0684. The first-order valence-corrected chi connectivity index (χ1v) is 7.61. The molecule has 0 radical (unpaired) electrons. The minimum atomic E-state index is 0.0539. The van der Waals surface area contributed by atoms with Gasteiger partial charge in [-0.2, -0.15) is 0 Å². The number of rotatable bonds is 5. The van der Waals surface area contributed by atoms with Crippen LogP contribution >= 0.6 is 11.3 Å². The highest BCUT2D eigenvalue weighted by atomic mass is 32.1. The fourth-order valence-electron chi connectivity index (χ4n) is 2.13. The SMILES string of the molecule is CCN(C(=O)c1sccc1C#CCN)C(C)CN(C)C. The van der Waals surface area contributed by atoms with Gasteiger partial charge in [-0.15, -0.1) is 11.3 Å². The lowest BCUT2D eigenvalue weighted by Gasteiger charge is -2.29. The average Bonchev–Trinajstić information content (AvgIpc) is 2.84. The predicted octanol–water partition coefficient (Wildman–Crippen LogP) is 1.47. The molecule has 1 aromatic rings. The molecule has 1 rings (SSSR count). The van der Waals surface area contributed by atoms with Crippen molar-refractivity contribution in [3.8, 4) is 11.8 Å². The van der Waals surface area contributed by atoms with Crippen molar-refractivity contribution in [2.45, 2.75) is 19.9 Å². The van der Waals surface area contributed by atoms with E-state index in [1.165, 1.54) is 11.3 Å². The van der Waals surface area contributed by atoms with Crippen molar-refractivity contribution in [3.05, 3.63) is 21.9 Å². The van der Waals surface area contributed by atoms with Gasteiger partial charge in [-0.3, -0.25) is 4.79 Å². The number of thiophene rings is 1. The number of hydrogen-bond donors (Lipinski definition) is 1. The fourth-order valence-corrected chi connectivity index (χ4v) is 2.94. The largest absolute Gasteiger partial charge is 0.334 e. The summed E-state index contributed by atoms with van der Waals surface area (Å²) in [6.45, 7) is 5.91. The summed E-state index contributed by atoms with van der Waals surface area (Å²) in [6.07, 6.45) is 0. The van der Waals surface area contributed by atoms with E-state index >= 15 is 0 Å². The van der Waals surface area contributed by atoms with Crippen LogP contribution in [0.3, 0.4) is 0 Å². The molecule has 0 aliphatic rings. The molecular formula is C15H23N3OS. The first-order chi connectivity index (χ1) is 9.51. The number of nitrogens with zero attached hydrogens (tertiary/aromatic N) is 2. The van der Waals surface area contributed by atoms with Crippen LogP contribution in [-0.2, 0) is 0 Å². The molecule has 4 nitrogen and oxygen atoms in total. The van der Waals surface area contributed by atoms with Gasteiger partial charge >= 0.3 is 0 Å². The summed E-state index contributed by atoms with van der Waals surface area (Å²) < 4.78 is 0. The fraction of sp³-hybridized carbons (Fsp3) is 0.533. The third-order valence-corrected chi connectivity index (χ3v) is 3.85. The minimum absolute atomic E-state index is 0.0539. The maximum absolute atomic E-state index is 12.7. The van der Waals surface area contributed by atoms with E-state index in [0.29, 0.717) is 18.0 Å². The van der Waals surface area contributed by atoms with Crippen molar-refractivity contribution < 1.29 is 4.79 Å². The Hall–Kier alpha value is -1.35. The highest BCUT2D eigenvalue weighted by Crippen LogP contribution is 2.19.